The molecule has 65 heavy (non-hydrogen) atoms. The summed E-state index contributed by atoms with van der Waals surface area (Å²) >= 11 is 0. The molecule has 0 bridgehead atoms. The third-order valence-corrected chi connectivity index (χ3v) is 11.0. The van der Waals surface area contributed by atoms with E-state index in [2.05, 4.69) is 11.9 Å². The van der Waals surface area contributed by atoms with Crippen LogP contribution in [-0.4, -0.2) is 87.9 Å². The number of hydrogen-bond acceptors (Lipinski definition) is 12. The minimum atomic E-state index is -1.47. The molecule has 5 atom stereocenters. The first kappa shape index (κ1) is 46.2. The first-order valence-corrected chi connectivity index (χ1v) is 21.8. The zero-order valence-electron chi connectivity index (χ0n) is 36.0. The van der Waals surface area contributed by atoms with Crippen LogP contribution in [0.2, 0.25) is 0 Å². The molecule has 7 rings (SSSR count). The molecule has 0 unspecified atom stereocenters. The van der Waals surface area contributed by atoms with Crippen LogP contribution in [0.1, 0.15) is 69.0 Å². The number of benzene rings is 5. The van der Waals surface area contributed by atoms with Crippen molar-refractivity contribution in [1.82, 2.24) is 5.32 Å². The molecule has 1 N–H and O–H groups in total. The molecule has 5 aromatic rings. The number of unbranched alkanes of at least 4 members (excludes halogenated alkanes) is 3. The van der Waals surface area contributed by atoms with Crippen LogP contribution in [0.15, 0.2) is 152 Å². The molecule has 0 saturated carbocycles. The van der Waals surface area contributed by atoms with E-state index in [-0.39, 0.29) is 50.1 Å². The Hall–Kier alpha value is -6.80. The van der Waals surface area contributed by atoms with Gasteiger partial charge in [0, 0.05) is 19.1 Å². The zero-order chi connectivity index (χ0) is 45.2. The lowest BCUT2D eigenvalue weighted by atomic mass is 9.97. The van der Waals surface area contributed by atoms with Gasteiger partial charge in [0.15, 0.2) is 24.6 Å². The molecular weight excluding hydrogens is 831 g/mol. The fraction of sp³-hybridized carbons (Fsp3) is 0.308. The molecule has 13 nitrogen and oxygen atoms in total. The Labute approximate surface area is 378 Å². The lowest BCUT2D eigenvalue weighted by Crippen LogP contribution is -2.63. The Morgan fingerprint density at radius 2 is 1.17 bits per heavy atom. The van der Waals surface area contributed by atoms with Crippen molar-refractivity contribution in [3.8, 4) is 11.1 Å². The largest absolute Gasteiger partial charge is 0.508 e. The highest BCUT2D eigenvalue weighted by Crippen LogP contribution is 2.44. The molecule has 1 fully saturated rings. The van der Waals surface area contributed by atoms with Gasteiger partial charge in [-0.3, -0.25) is 0 Å². The first-order chi connectivity index (χ1) is 31.9. The van der Waals surface area contributed by atoms with E-state index in [9.17, 15) is 19.2 Å². The Bertz CT molecular complexity index is 2280. The summed E-state index contributed by atoms with van der Waals surface area (Å²) in [5.74, 6) is -1.77. The highest BCUT2D eigenvalue weighted by molar-refractivity contribution is 5.90. The van der Waals surface area contributed by atoms with Gasteiger partial charge in [0.05, 0.1) is 24.3 Å². The van der Waals surface area contributed by atoms with Gasteiger partial charge in [-0.1, -0.05) is 141 Å². The Balaban J connectivity index is 1.14. The van der Waals surface area contributed by atoms with E-state index in [0.29, 0.717) is 19.4 Å². The van der Waals surface area contributed by atoms with Crippen LogP contribution in [0.25, 0.3) is 11.1 Å². The van der Waals surface area contributed by atoms with Crippen LogP contribution in [-0.2, 0) is 44.5 Å². The van der Waals surface area contributed by atoms with Crippen molar-refractivity contribution in [3.05, 3.63) is 180 Å². The second-order valence-corrected chi connectivity index (χ2v) is 15.5. The van der Waals surface area contributed by atoms with Gasteiger partial charge in [0.25, 0.3) is 0 Å². The second-order valence-electron chi connectivity index (χ2n) is 15.5. The minimum Gasteiger partial charge on any atom is -0.450 e. The average molecular weight is 884 g/mol. The molecule has 2 aliphatic rings. The number of hydrogen-bond donors (Lipinski definition) is 1. The summed E-state index contributed by atoms with van der Waals surface area (Å²) in [6.07, 6.45) is -4.00. The summed E-state index contributed by atoms with van der Waals surface area (Å²) in [7, 11) is 0. The van der Waals surface area contributed by atoms with Crippen molar-refractivity contribution in [2.24, 2.45) is 0 Å². The normalized spacial score (nSPS) is 18.6. The molecule has 1 saturated heterocycles. The van der Waals surface area contributed by atoms with Crippen molar-refractivity contribution in [2.75, 3.05) is 33.0 Å². The summed E-state index contributed by atoms with van der Waals surface area (Å²) in [4.78, 5) is 53.6. The molecular formula is C52H53NO12. The predicted molar refractivity (Wildman–Crippen MR) is 240 cm³/mol. The molecule has 338 valence electrons. The Morgan fingerprint density at radius 3 is 1.80 bits per heavy atom. The van der Waals surface area contributed by atoms with Gasteiger partial charge < -0.3 is 43.2 Å². The topological polar surface area (TPSA) is 154 Å². The number of alkyl carbamates (subject to hydrolysis) is 1. The van der Waals surface area contributed by atoms with Gasteiger partial charge >= 0.3 is 24.2 Å². The number of fused-ring (bicyclic) bond motifs is 3. The summed E-state index contributed by atoms with van der Waals surface area (Å²) in [5.41, 5.74) is 5.46. The molecule has 13 heteroatoms. The smallest absolute Gasteiger partial charge is 0.450 e. The van der Waals surface area contributed by atoms with Gasteiger partial charge in [-0.2, -0.15) is 0 Å². The molecule has 5 aromatic carbocycles. The first-order valence-electron chi connectivity index (χ1n) is 21.8. The maximum Gasteiger partial charge on any atom is 0.508 e. The van der Waals surface area contributed by atoms with Crippen molar-refractivity contribution in [1.29, 1.82) is 0 Å². The second kappa shape index (κ2) is 23.8. The zero-order valence-corrected chi connectivity index (χ0v) is 36.0. The summed E-state index contributed by atoms with van der Waals surface area (Å²) in [5, 5.41) is 2.70. The van der Waals surface area contributed by atoms with E-state index in [0.717, 1.165) is 40.7 Å². The number of carbonyl (C=O) groups excluding carboxylic acids is 4. The van der Waals surface area contributed by atoms with Gasteiger partial charge in [-0.15, -0.1) is 0 Å². The summed E-state index contributed by atoms with van der Waals surface area (Å²) in [6.45, 7) is 4.26. The van der Waals surface area contributed by atoms with Crippen molar-refractivity contribution in [2.45, 2.75) is 68.9 Å². The van der Waals surface area contributed by atoms with E-state index < -0.39 is 54.9 Å². The minimum absolute atomic E-state index is 0.0440. The van der Waals surface area contributed by atoms with Crippen LogP contribution in [0.3, 0.4) is 0 Å². The quantitative estimate of drug-likeness (QED) is 0.0323. The van der Waals surface area contributed by atoms with Gasteiger partial charge in [-0.05, 0) is 64.9 Å². The van der Waals surface area contributed by atoms with Crippen molar-refractivity contribution < 1.29 is 57.1 Å². The molecule has 1 amide bonds. The lowest BCUT2D eigenvalue weighted by Gasteiger charge is -2.44. The fourth-order valence-electron chi connectivity index (χ4n) is 7.84. The maximum absolute atomic E-state index is 14.0. The lowest BCUT2D eigenvalue weighted by molar-refractivity contribution is -0.302. The maximum atomic E-state index is 14.0. The number of esters is 2. The number of rotatable bonds is 21. The van der Waals surface area contributed by atoms with E-state index in [1.54, 1.807) is 60.7 Å². The molecule has 0 spiro atoms. The highest BCUT2D eigenvalue weighted by atomic mass is 16.8. The SMILES string of the molecule is C=CCOC(=O)NCCCCCCO[C@@H]1O[C@H](COCc2ccccc2)[C@@H](OC(=O)OCC2c3ccccc3-c3ccccc32)[C@H](OC(=O)c2ccccc2)[C@H]1OC(=O)c1ccccc1. The molecule has 0 aromatic heterocycles. The molecule has 1 aliphatic heterocycles. The van der Waals surface area contributed by atoms with Crippen LogP contribution in [0, 0.1) is 0 Å². The van der Waals surface area contributed by atoms with E-state index in [1.807, 2.05) is 78.9 Å². The Morgan fingerprint density at radius 1 is 0.600 bits per heavy atom. The van der Waals surface area contributed by atoms with Crippen LogP contribution >= 0.6 is 0 Å². The predicted octanol–water partition coefficient (Wildman–Crippen LogP) is 9.20. The standard InChI is InChI=1S/C52H53NO12/c1-2-31-60-51(56)53-30-18-3-4-19-32-59-50-47(64-49(55)38-24-12-7-13-25-38)46(63-48(54)37-22-10-6-11-23-37)45(44(62-50)35-58-33-36-20-8-5-9-21-36)65-52(57)61-34-43-41-28-16-14-26-39(41)40-27-15-17-29-42(40)43/h2,5-17,20-29,43-47,50H,1,3-4,18-19,30-35H2,(H,53,56)/t44-,45-,46+,47-,50-/m1/s1. The Kier molecular flexibility index (Phi) is 16.9. The third kappa shape index (κ3) is 12.7. The number of nitrogens with one attached hydrogen (secondary N) is 1. The third-order valence-electron chi connectivity index (χ3n) is 11.0. The number of ether oxygens (including phenoxy) is 8. The molecule has 0 radical (unpaired) electrons. The monoisotopic (exact) mass is 883 g/mol. The van der Waals surface area contributed by atoms with Gasteiger partial charge in [0.1, 0.15) is 19.3 Å². The summed E-state index contributed by atoms with van der Waals surface area (Å²) in [6, 6.07) is 42.1. The average Bonchev–Trinajstić information content (AvgIpc) is 3.66. The van der Waals surface area contributed by atoms with Crippen LogP contribution < -0.4 is 5.32 Å². The van der Waals surface area contributed by atoms with Crippen molar-refractivity contribution in [3.63, 3.8) is 0 Å². The van der Waals surface area contributed by atoms with Crippen LogP contribution in [0.4, 0.5) is 9.59 Å². The fourth-order valence-corrected chi connectivity index (χ4v) is 7.84. The molecule has 1 heterocycles. The van der Waals surface area contributed by atoms with Crippen LogP contribution in [0.5, 0.6) is 0 Å². The molecule has 1 aliphatic carbocycles. The van der Waals surface area contributed by atoms with Gasteiger partial charge in [0.2, 0.25) is 0 Å². The number of amides is 1. The van der Waals surface area contributed by atoms with Gasteiger partial charge in [-0.25, -0.2) is 19.2 Å². The van der Waals surface area contributed by atoms with E-state index in [4.69, 9.17) is 37.9 Å². The summed E-state index contributed by atoms with van der Waals surface area (Å²) < 4.78 is 48.5. The van der Waals surface area contributed by atoms with E-state index in [1.165, 1.54) is 6.08 Å². The van der Waals surface area contributed by atoms with Crippen molar-refractivity contribution >= 4 is 24.2 Å². The van der Waals surface area contributed by atoms with E-state index >= 15 is 0 Å². The highest BCUT2D eigenvalue weighted by Gasteiger charge is 2.53. The number of carbonyl (C=O) groups is 4.